The molecule has 5 rings (SSSR count). The molecule has 2 aliphatic rings. The Hall–Kier alpha value is -2.55. The zero-order valence-corrected chi connectivity index (χ0v) is 22.2. The normalized spacial score (nSPS) is 19.8. The van der Waals surface area contributed by atoms with E-state index in [4.69, 9.17) is 14.7 Å². The third-order valence-electron chi connectivity index (χ3n) is 6.75. The Balaban J connectivity index is 0.00000180. The molecule has 1 saturated heterocycles. The average molecular weight is 535 g/mol. The molecule has 7 nitrogen and oxygen atoms in total. The Morgan fingerprint density at radius 2 is 1.69 bits per heavy atom. The molecule has 1 N–H and O–H groups in total. The number of anilines is 2. The van der Waals surface area contributed by atoms with Gasteiger partial charge in [-0.25, -0.2) is 24.3 Å². The second-order valence-corrected chi connectivity index (χ2v) is 9.18. The Morgan fingerprint density at radius 3 is 2.42 bits per heavy atom. The summed E-state index contributed by atoms with van der Waals surface area (Å²) in [7, 11) is 1.80. The number of fused-ring (bicyclic) bond motifs is 1. The van der Waals surface area contributed by atoms with Crippen molar-refractivity contribution in [3.63, 3.8) is 0 Å². The predicted molar refractivity (Wildman–Crippen MR) is 148 cm³/mol. The van der Waals surface area contributed by atoms with Crippen molar-refractivity contribution in [1.29, 1.82) is 0 Å². The largest absolute Gasteiger partial charge is 0.381 e. The van der Waals surface area contributed by atoms with Gasteiger partial charge >= 0.3 is 0 Å². The number of nitrogens with one attached hydrogen (secondary N) is 1. The zero-order chi connectivity index (χ0) is 23.5. The van der Waals surface area contributed by atoms with E-state index < -0.39 is 0 Å². The van der Waals surface area contributed by atoms with Crippen molar-refractivity contribution >= 4 is 59.6 Å². The summed E-state index contributed by atoms with van der Waals surface area (Å²) in [5.74, 6) is 2.14. The van der Waals surface area contributed by atoms with Gasteiger partial charge in [-0.2, -0.15) is 0 Å². The summed E-state index contributed by atoms with van der Waals surface area (Å²) in [4.78, 5) is 21.1. The van der Waals surface area contributed by atoms with Crippen LogP contribution in [0.3, 0.4) is 0 Å². The van der Waals surface area contributed by atoms with Gasteiger partial charge < -0.3 is 15.0 Å². The van der Waals surface area contributed by atoms with Gasteiger partial charge in [0.05, 0.1) is 28.5 Å². The Kier molecular flexibility index (Phi) is 9.82. The summed E-state index contributed by atoms with van der Waals surface area (Å²) >= 11 is 0. The first-order valence-corrected chi connectivity index (χ1v) is 12.1. The molecular formula is C26H33Cl2FN6O. The predicted octanol–water partition coefficient (Wildman–Crippen LogP) is 5.85. The molecule has 0 atom stereocenters. The van der Waals surface area contributed by atoms with E-state index in [-0.39, 0.29) is 30.6 Å². The molecule has 1 aromatic carbocycles. The average Bonchev–Trinajstić information content (AvgIpc) is 3.38. The van der Waals surface area contributed by atoms with Gasteiger partial charge in [0.25, 0.3) is 0 Å². The van der Waals surface area contributed by atoms with Crippen LogP contribution in [0.5, 0.6) is 0 Å². The van der Waals surface area contributed by atoms with Crippen LogP contribution in [0.2, 0.25) is 0 Å². The molecule has 3 heterocycles. The van der Waals surface area contributed by atoms with Gasteiger partial charge in [-0.05, 0) is 69.7 Å². The highest BCUT2D eigenvalue weighted by molar-refractivity contribution is 5.85. The van der Waals surface area contributed by atoms with Crippen LogP contribution < -0.4 is 10.2 Å². The molecule has 1 aliphatic carbocycles. The molecule has 194 valence electrons. The molecule has 36 heavy (non-hydrogen) atoms. The van der Waals surface area contributed by atoms with Crippen LogP contribution in [0, 0.1) is 12.7 Å². The number of aryl methyl sites for hydroxylation is 1. The van der Waals surface area contributed by atoms with E-state index in [0.29, 0.717) is 29.0 Å². The fourth-order valence-corrected chi connectivity index (χ4v) is 4.80. The fraction of sp³-hybridized carbons (Fsp3) is 0.462. The lowest BCUT2D eigenvalue weighted by atomic mass is 9.93. The lowest BCUT2D eigenvalue weighted by Gasteiger charge is -2.29. The number of hydrogen-bond donors (Lipinski definition) is 1. The number of rotatable bonds is 6. The maximum Gasteiger partial charge on any atom is 0.156 e. The lowest BCUT2D eigenvalue weighted by molar-refractivity contribution is 0.0681. The van der Waals surface area contributed by atoms with Crippen molar-refractivity contribution in [3.05, 3.63) is 47.3 Å². The van der Waals surface area contributed by atoms with Crippen molar-refractivity contribution < 1.29 is 9.13 Å². The topological polar surface area (TPSA) is 76.1 Å². The van der Waals surface area contributed by atoms with Crippen LogP contribution in [0.4, 0.5) is 16.0 Å². The molecule has 1 saturated carbocycles. The van der Waals surface area contributed by atoms with E-state index in [1.165, 1.54) is 25.0 Å². The maximum absolute atomic E-state index is 13.5. The van der Waals surface area contributed by atoms with E-state index in [0.717, 1.165) is 61.8 Å². The van der Waals surface area contributed by atoms with Crippen molar-refractivity contribution in [1.82, 2.24) is 19.9 Å². The molecule has 0 radical (unpaired) electrons. The summed E-state index contributed by atoms with van der Waals surface area (Å²) in [6.45, 7) is 3.91. The quantitative estimate of drug-likeness (QED) is 0.424. The third kappa shape index (κ3) is 6.60. The molecule has 0 amide bonds. The lowest BCUT2D eigenvalue weighted by Crippen LogP contribution is -2.30. The van der Waals surface area contributed by atoms with Crippen LogP contribution >= 0.6 is 24.8 Å². The number of methoxy groups -OCH3 is 1. The number of hydrogen-bond acceptors (Lipinski definition) is 7. The minimum atomic E-state index is -0.313. The first-order chi connectivity index (χ1) is 16.6. The first-order valence-electron chi connectivity index (χ1n) is 12.1. The van der Waals surface area contributed by atoms with Crippen LogP contribution in [0.1, 0.15) is 55.7 Å². The van der Waals surface area contributed by atoms with Crippen molar-refractivity contribution in [2.24, 2.45) is 0 Å². The van der Waals surface area contributed by atoms with E-state index >= 15 is 0 Å². The maximum atomic E-state index is 13.5. The molecule has 1 aliphatic heterocycles. The first kappa shape index (κ1) is 28.0. The number of benzene rings is 1. The van der Waals surface area contributed by atoms with E-state index in [1.807, 2.05) is 19.1 Å². The van der Waals surface area contributed by atoms with Gasteiger partial charge in [0.1, 0.15) is 17.5 Å². The molecule has 2 fully saturated rings. The SMILES string of the molecule is COC1CCC(Nc2cc(N3CCCC3)nc(/C=C/c3nc4ccc(F)cc4nc3C)n2)CC1.Cl.Cl. The monoisotopic (exact) mass is 534 g/mol. The van der Waals surface area contributed by atoms with Gasteiger partial charge in [0, 0.05) is 38.4 Å². The Bertz CT molecular complexity index is 1200. The fourth-order valence-electron chi connectivity index (χ4n) is 4.80. The minimum Gasteiger partial charge on any atom is -0.381 e. The zero-order valence-electron chi connectivity index (χ0n) is 20.6. The Morgan fingerprint density at radius 1 is 0.944 bits per heavy atom. The molecule has 0 unspecified atom stereocenters. The summed E-state index contributed by atoms with van der Waals surface area (Å²) in [6.07, 6.45) is 10.8. The van der Waals surface area contributed by atoms with Crippen molar-refractivity contribution in [3.8, 4) is 0 Å². The number of halogens is 3. The molecule has 0 spiro atoms. The summed E-state index contributed by atoms with van der Waals surface area (Å²) < 4.78 is 19.0. The van der Waals surface area contributed by atoms with Gasteiger partial charge in [0.2, 0.25) is 0 Å². The van der Waals surface area contributed by atoms with Gasteiger partial charge in [-0.15, -0.1) is 24.8 Å². The second kappa shape index (κ2) is 12.6. The smallest absolute Gasteiger partial charge is 0.156 e. The van der Waals surface area contributed by atoms with Crippen molar-refractivity contribution in [2.45, 2.75) is 57.6 Å². The molecular weight excluding hydrogens is 502 g/mol. The second-order valence-electron chi connectivity index (χ2n) is 9.18. The van der Waals surface area contributed by atoms with E-state index in [1.54, 1.807) is 13.2 Å². The highest BCUT2D eigenvalue weighted by Gasteiger charge is 2.22. The van der Waals surface area contributed by atoms with Crippen LogP contribution in [-0.4, -0.2) is 52.3 Å². The highest BCUT2D eigenvalue weighted by Crippen LogP contribution is 2.26. The molecule has 3 aromatic rings. The van der Waals surface area contributed by atoms with Crippen LogP contribution in [0.15, 0.2) is 24.3 Å². The van der Waals surface area contributed by atoms with Gasteiger partial charge in [-0.3, -0.25) is 0 Å². The molecule has 0 bridgehead atoms. The van der Waals surface area contributed by atoms with E-state index in [2.05, 4.69) is 26.3 Å². The van der Waals surface area contributed by atoms with Crippen LogP contribution in [0.25, 0.3) is 23.2 Å². The minimum absolute atomic E-state index is 0. The van der Waals surface area contributed by atoms with Crippen molar-refractivity contribution in [2.75, 3.05) is 30.4 Å². The standard InChI is InChI=1S/C26H31FN6O.2ClH/c1-17-21(30-22-10-5-18(27)15-23(22)28-17)11-12-24-31-25(16-26(32-24)33-13-3-4-14-33)29-19-6-8-20(34-2)9-7-19;;/h5,10-12,15-16,19-20H,3-4,6-9,13-14H2,1-2H3,(H,29,31,32);2*1H/b12-11+;;. The van der Waals surface area contributed by atoms with Gasteiger partial charge in [-0.1, -0.05) is 0 Å². The molecule has 2 aromatic heterocycles. The summed E-state index contributed by atoms with van der Waals surface area (Å²) in [5.41, 5.74) is 2.67. The number of nitrogens with zero attached hydrogens (tertiary/aromatic N) is 5. The number of ether oxygens (including phenoxy) is 1. The summed E-state index contributed by atoms with van der Waals surface area (Å²) in [5, 5.41) is 3.64. The summed E-state index contributed by atoms with van der Waals surface area (Å²) in [6, 6.07) is 6.92. The van der Waals surface area contributed by atoms with Crippen LogP contribution in [-0.2, 0) is 4.74 Å². The highest BCUT2D eigenvalue weighted by atomic mass is 35.5. The number of aromatic nitrogens is 4. The Labute approximate surface area is 223 Å². The van der Waals surface area contributed by atoms with Gasteiger partial charge in [0.15, 0.2) is 5.82 Å². The molecule has 10 heteroatoms. The third-order valence-corrected chi connectivity index (χ3v) is 6.75. The van der Waals surface area contributed by atoms with E-state index in [9.17, 15) is 4.39 Å².